The minimum atomic E-state index is -0.416. The first kappa shape index (κ1) is 22.6. The molecule has 1 fully saturated rings. The van der Waals surface area contributed by atoms with Crippen molar-refractivity contribution in [3.8, 4) is 0 Å². The number of likely N-dealkylation sites (N-methyl/N-ethyl adjacent to an activating group) is 1. The topological polar surface area (TPSA) is 66.7 Å². The molecule has 0 aromatic heterocycles. The van der Waals surface area contributed by atoms with Gasteiger partial charge in [-0.25, -0.2) is 4.39 Å². The van der Waals surface area contributed by atoms with E-state index < -0.39 is 10.7 Å². The Labute approximate surface area is 182 Å². The monoisotopic (exact) mass is 425 g/mol. The van der Waals surface area contributed by atoms with Gasteiger partial charge in [-0.1, -0.05) is 39.0 Å². The maximum absolute atomic E-state index is 14.7. The zero-order valence-corrected chi connectivity index (χ0v) is 18.2. The van der Waals surface area contributed by atoms with Crippen LogP contribution >= 0.6 is 0 Å². The summed E-state index contributed by atoms with van der Waals surface area (Å²) >= 11 is 0. The molecule has 31 heavy (non-hydrogen) atoms. The Hall–Kier alpha value is -3.06. The maximum Gasteiger partial charge on any atom is 0.273 e. The maximum atomic E-state index is 14.7. The van der Waals surface area contributed by atoms with Gasteiger partial charge >= 0.3 is 0 Å². The molecule has 1 aliphatic heterocycles. The summed E-state index contributed by atoms with van der Waals surface area (Å²) in [6.45, 7) is 10.2. The summed E-state index contributed by atoms with van der Waals surface area (Å²) in [5.41, 5.74) is 1.98. The summed E-state index contributed by atoms with van der Waals surface area (Å²) in [4.78, 5) is 27.8. The average molecular weight is 426 g/mol. The third-order valence-corrected chi connectivity index (χ3v) is 5.69. The second kappa shape index (κ2) is 9.83. The highest BCUT2D eigenvalue weighted by molar-refractivity contribution is 6.07. The molecule has 0 atom stereocenters. The number of benzene rings is 2. The van der Waals surface area contributed by atoms with Crippen molar-refractivity contribution in [3.63, 3.8) is 0 Å². The van der Waals surface area contributed by atoms with E-state index in [-0.39, 0.29) is 23.0 Å². The molecular weight excluding hydrogens is 397 g/mol. The van der Waals surface area contributed by atoms with Gasteiger partial charge in [0.25, 0.3) is 5.69 Å². The summed E-state index contributed by atoms with van der Waals surface area (Å²) in [7, 11) is 0. The van der Waals surface area contributed by atoms with Crippen LogP contribution in [0.25, 0.3) is 6.08 Å². The molecule has 0 spiro atoms. The van der Waals surface area contributed by atoms with E-state index in [1.54, 1.807) is 24.3 Å². The quantitative estimate of drug-likeness (QED) is 0.273. The van der Waals surface area contributed by atoms with Crippen LogP contribution in [-0.4, -0.2) is 48.3 Å². The number of carbonyl (C=O) groups is 1. The summed E-state index contributed by atoms with van der Waals surface area (Å²) in [6, 6.07) is 9.45. The fourth-order valence-electron chi connectivity index (χ4n) is 3.80. The number of piperazine rings is 1. The van der Waals surface area contributed by atoms with Crippen molar-refractivity contribution >= 4 is 23.2 Å². The van der Waals surface area contributed by atoms with Crippen molar-refractivity contribution in [1.82, 2.24) is 4.90 Å². The Bertz CT molecular complexity index is 996. The van der Waals surface area contributed by atoms with Gasteiger partial charge in [-0.05, 0) is 42.3 Å². The Morgan fingerprint density at radius 3 is 2.45 bits per heavy atom. The largest absolute Gasteiger partial charge is 0.367 e. The van der Waals surface area contributed by atoms with Crippen LogP contribution in [-0.2, 0) is 0 Å². The van der Waals surface area contributed by atoms with E-state index in [1.165, 1.54) is 24.3 Å². The number of rotatable bonds is 7. The lowest BCUT2D eigenvalue weighted by Crippen LogP contribution is -2.46. The second-order valence-electron chi connectivity index (χ2n) is 8.02. The number of nitro benzene ring substituents is 1. The molecule has 1 saturated heterocycles. The average Bonchev–Trinajstić information content (AvgIpc) is 2.77. The number of nitro groups is 1. The molecule has 1 heterocycles. The third kappa shape index (κ3) is 5.35. The predicted octanol–water partition coefficient (Wildman–Crippen LogP) is 4.90. The van der Waals surface area contributed by atoms with Gasteiger partial charge in [-0.3, -0.25) is 14.9 Å². The smallest absolute Gasteiger partial charge is 0.273 e. The molecule has 0 unspecified atom stereocenters. The van der Waals surface area contributed by atoms with Gasteiger partial charge in [0.05, 0.1) is 10.6 Å². The molecule has 164 valence electrons. The highest BCUT2D eigenvalue weighted by atomic mass is 19.1. The minimum absolute atomic E-state index is 0.0199. The zero-order valence-electron chi connectivity index (χ0n) is 18.2. The van der Waals surface area contributed by atoms with E-state index >= 15 is 0 Å². The second-order valence-corrected chi connectivity index (χ2v) is 8.02. The van der Waals surface area contributed by atoms with Crippen molar-refractivity contribution in [1.29, 1.82) is 0 Å². The number of hydrogen-bond acceptors (Lipinski definition) is 5. The molecule has 6 nitrogen and oxygen atoms in total. The molecule has 0 bridgehead atoms. The number of nitrogens with zero attached hydrogens (tertiary/aromatic N) is 3. The Balaban J connectivity index is 1.73. The first-order valence-electron chi connectivity index (χ1n) is 10.6. The molecule has 3 rings (SSSR count). The fraction of sp³-hybridized carbons (Fsp3) is 0.375. The van der Waals surface area contributed by atoms with E-state index in [0.29, 0.717) is 16.8 Å². The minimum Gasteiger partial charge on any atom is -0.367 e. The highest BCUT2D eigenvalue weighted by Gasteiger charge is 2.19. The standard InChI is InChI=1S/C24H28FN3O3/c1-4-26-11-13-27(14-12-26)22-9-7-19(16-21(22)25)24(29)10-6-18-5-8-20(17(2)3)23(15-18)28(30)31/h5-10,15-17H,4,11-14H2,1-3H3/b10-6+. The lowest BCUT2D eigenvalue weighted by atomic mass is 9.99. The Morgan fingerprint density at radius 2 is 1.87 bits per heavy atom. The van der Waals surface area contributed by atoms with Crippen LogP contribution in [0.15, 0.2) is 42.5 Å². The zero-order chi connectivity index (χ0) is 22.5. The molecule has 0 radical (unpaired) electrons. The molecule has 1 aliphatic rings. The lowest BCUT2D eigenvalue weighted by Gasteiger charge is -2.35. The van der Waals surface area contributed by atoms with E-state index in [2.05, 4.69) is 11.8 Å². The third-order valence-electron chi connectivity index (χ3n) is 5.69. The predicted molar refractivity (Wildman–Crippen MR) is 121 cm³/mol. The van der Waals surface area contributed by atoms with Crippen molar-refractivity contribution < 1.29 is 14.1 Å². The van der Waals surface area contributed by atoms with Crippen LogP contribution in [0.2, 0.25) is 0 Å². The molecule has 0 aliphatic carbocycles. The number of ketones is 1. The first-order chi connectivity index (χ1) is 14.8. The summed E-state index contributed by atoms with van der Waals surface area (Å²) in [5.74, 6) is -0.746. The van der Waals surface area contributed by atoms with E-state index in [4.69, 9.17) is 0 Å². The van der Waals surface area contributed by atoms with Crippen molar-refractivity contribution in [2.45, 2.75) is 26.7 Å². The van der Waals surface area contributed by atoms with E-state index in [9.17, 15) is 19.3 Å². The normalized spacial score (nSPS) is 15.1. The van der Waals surface area contributed by atoms with Crippen LogP contribution in [0.5, 0.6) is 0 Å². The fourth-order valence-corrected chi connectivity index (χ4v) is 3.80. The van der Waals surface area contributed by atoms with Crippen LogP contribution in [0.4, 0.5) is 15.8 Å². The van der Waals surface area contributed by atoms with E-state index in [1.807, 2.05) is 18.7 Å². The van der Waals surface area contributed by atoms with Gasteiger partial charge in [-0.2, -0.15) is 0 Å². The van der Waals surface area contributed by atoms with Gasteiger partial charge < -0.3 is 9.80 Å². The van der Waals surface area contributed by atoms with Gasteiger partial charge in [0.15, 0.2) is 5.78 Å². The van der Waals surface area contributed by atoms with Gasteiger partial charge in [-0.15, -0.1) is 0 Å². The Kier molecular flexibility index (Phi) is 7.17. The van der Waals surface area contributed by atoms with Crippen molar-refractivity contribution in [3.05, 3.63) is 75.1 Å². The van der Waals surface area contributed by atoms with Gasteiger partial charge in [0, 0.05) is 43.4 Å². The van der Waals surface area contributed by atoms with Crippen LogP contribution in [0.1, 0.15) is 48.2 Å². The molecule has 0 N–H and O–H groups in total. The van der Waals surface area contributed by atoms with Gasteiger partial charge in [0.2, 0.25) is 0 Å². The van der Waals surface area contributed by atoms with E-state index in [0.717, 1.165) is 32.7 Å². The molecule has 0 saturated carbocycles. The SMILES string of the molecule is CCN1CCN(c2ccc(C(=O)/C=C/c3ccc(C(C)C)c([N+](=O)[O-])c3)cc2F)CC1. The molecule has 2 aromatic carbocycles. The molecule has 7 heteroatoms. The van der Waals surface area contributed by atoms with Crippen LogP contribution < -0.4 is 4.90 Å². The van der Waals surface area contributed by atoms with Crippen molar-refractivity contribution in [2.24, 2.45) is 0 Å². The number of allylic oxidation sites excluding steroid dienone is 1. The van der Waals surface area contributed by atoms with Crippen LogP contribution in [0.3, 0.4) is 0 Å². The number of hydrogen-bond donors (Lipinski definition) is 0. The number of anilines is 1. The lowest BCUT2D eigenvalue weighted by molar-refractivity contribution is -0.385. The number of halogens is 1. The summed E-state index contributed by atoms with van der Waals surface area (Å²) in [5, 5.41) is 11.3. The first-order valence-corrected chi connectivity index (χ1v) is 10.6. The molecule has 0 amide bonds. The molecule has 2 aromatic rings. The van der Waals surface area contributed by atoms with Crippen molar-refractivity contribution in [2.75, 3.05) is 37.6 Å². The summed E-state index contributed by atoms with van der Waals surface area (Å²) in [6.07, 6.45) is 2.85. The number of carbonyl (C=O) groups excluding carboxylic acids is 1. The van der Waals surface area contributed by atoms with Crippen LogP contribution in [0, 0.1) is 15.9 Å². The highest BCUT2D eigenvalue weighted by Crippen LogP contribution is 2.28. The summed E-state index contributed by atoms with van der Waals surface area (Å²) < 4.78 is 14.7. The Morgan fingerprint density at radius 1 is 1.16 bits per heavy atom. The van der Waals surface area contributed by atoms with Gasteiger partial charge in [0.1, 0.15) is 5.82 Å². The molecular formula is C24H28FN3O3.